The van der Waals surface area contributed by atoms with Gasteiger partial charge in [0.2, 0.25) is 5.78 Å². The van der Waals surface area contributed by atoms with E-state index in [0.29, 0.717) is 6.07 Å². The zero-order valence-corrected chi connectivity index (χ0v) is 15.0. The Bertz CT molecular complexity index is 915. The molecule has 136 valence electrons. The Morgan fingerprint density at radius 3 is 2.19 bits per heavy atom. The van der Waals surface area contributed by atoms with Crippen molar-refractivity contribution in [3.05, 3.63) is 65.0 Å². The third-order valence-corrected chi connectivity index (χ3v) is 4.94. The molecule has 0 N–H and O–H groups in total. The zero-order valence-electron chi connectivity index (χ0n) is 14.2. The molecule has 7 heteroatoms. The lowest BCUT2D eigenvalue weighted by atomic mass is 9.92. The lowest BCUT2D eigenvalue weighted by Gasteiger charge is -2.18. The van der Waals surface area contributed by atoms with Gasteiger partial charge in [-0.15, -0.1) is 0 Å². The molecule has 0 saturated heterocycles. The van der Waals surface area contributed by atoms with Gasteiger partial charge in [0.25, 0.3) is 0 Å². The second-order valence-electron chi connectivity index (χ2n) is 6.40. The molecule has 0 bridgehead atoms. The van der Waals surface area contributed by atoms with Crippen LogP contribution in [0.2, 0.25) is 0 Å². The van der Waals surface area contributed by atoms with E-state index >= 15 is 0 Å². The van der Waals surface area contributed by atoms with E-state index in [1.807, 2.05) is 0 Å². The normalized spacial score (nSPS) is 17.4. The van der Waals surface area contributed by atoms with Gasteiger partial charge in [0, 0.05) is 12.1 Å². The molecule has 0 aliphatic carbocycles. The standard InChI is InChI=1S/C19H15F3O3S/c1-19(2)18(23)16(10-6-11(20)8-12(21)7-10)17(25-19)14-5-4-13(26(3)24)9-15(14)22/h4-9H,1-3H3. The van der Waals surface area contributed by atoms with Gasteiger partial charge in [0.15, 0.2) is 10.5 Å². The van der Waals surface area contributed by atoms with Gasteiger partial charge in [0.1, 0.15) is 29.5 Å². The van der Waals surface area contributed by atoms with Gasteiger partial charge in [0.05, 0.1) is 11.1 Å². The minimum absolute atomic E-state index is 0.0318. The van der Waals surface area contributed by atoms with E-state index in [0.717, 1.165) is 18.2 Å². The largest absolute Gasteiger partial charge is 0.612 e. The highest BCUT2D eigenvalue weighted by molar-refractivity contribution is 7.90. The predicted molar refractivity (Wildman–Crippen MR) is 92.1 cm³/mol. The smallest absolute Gasteiger partial charge is 0.210 e. The van der Waals surface area contributed by atoms with E-state index in [4.69, 9.17) is 4.74 Å². The van der Waals surface area contributed by atoms with Crippen LogP contribution in [-0.2, 0) is 20.7 Å². The summed E-state index contributed by atoms with van der Waals surface area (Å²) >= 11 is -1.39. The summed E-state index contributed by atoms with van der Waals surface area (Å²) in [5.41, 5.74) is -1.49. The second kappa shape index (κ2) is 6.48. The van der Waals surface area contributed by atoms with Crippen LogP contribution in [0.25, 0.3) is 11.3 Å². The van der Waals surface area contributed by atoms with Crippen LogP contribution in [0.4, 0.5) is 13.2 Å². The van der Waals surface area contributed by atoms with E-state index in [1.165, 1.54) is 32.2 Å². The van der Waals surface area contributed by atoms with Crippen molar-refractivity contribution in [3.8, 4) is 0 Å². The van der Waals surface area contributed by atoms with Gasteiger partial charge in [-0.2, -0.15) is 0 Å². The number of rotatable bonds is 3. The van der Waals surface area contributed by atoms with Crippen molar-refractivity contribution >= 4 is 28.3 Å². The molecule has 26 heavy (non-hydrogen) atoms. The first-order chi connectivity index (χ1) is 12.1. The fraction of sp³-hybridized carbons (Fsp3) is 0.211. The SMILES string of the molecule is C[S+]([O-])c1ccc(C2=C(c3cc(F)cc(F)c3)C(=O)C(C)(C)O2)c(F)c1. The first-order valence-corrected chi connectivity index (χ1v) is 9.24. The summed E-state index contributed by atoms with van der Waals surface area (Å²) in [6.45, 7) is 2.98. The number of ketones is 1. The Hall–Kier alpha value is -2.25. The van der Waals surface area contributed by atoms with Gasteiger partial charge in [-0.05, 0) is 54.9 Å². The average Bonchev–Trinajstić information content (AvgIpc) is 2.76. The van der Waals surface area contributed by atoms with Crippen LogP contribution in [0.3, 0.4) is 0 Å². The minimum atomic E-state index is -1.39. The Morgan fingerprint density at radius 1 is 1.04 bits per heavy atom. The molecule has 2 aromatic carbocycles. The monoisotopic (exact) mass is 380 g/mol. The van der Waals surface area contributed by atoms with Crippen LogP contribution in [0, 0.1) is 17.5 Å². The maximum Gasteiger partial charge on any atom is 0.210 e. The lowest BCUT2D eigenvalue weighted by molar-refractivity contribution is -0.125. The first kappa shape index (κ1) is 18.5. The molecule has 0 aromatic heterocycles. The van der Waals surface area contributed by atoms with Gasteiger partial charge >= 0.3 is 0 Å². The highest BCUT2D eigenvalue weighted by Gasteiger charge is 2.43. The molecule has 1 aliphatic heterocycles. The maximum absolute atomic E-state index is 14.6. The highest BCUT2D eigenvalue weighted by Crippen LogP contribution is 2.42. The van der Waals surface area contributed by atoms with Crippen LogP contribution in [0.1, 0.15) is 25.0 Å². The van der Waals surface area contributed by atoms with E-state index in [1.54, 1.807) is 0 Å². The zero-order chi connectivity index (χ0) is 19.2. The summed E-state index contributed by atoms with van der Waals surface area (Å²) in [5.74, 6) is -3.08. The number of halogens is 3. The molecular formula is C19H15F3O3S. The summed E-state index contributed by atoms with van der Waals surface area (Å²) in [6.07, 6.45) is 1.41. The number of hydrogen-bond donors (Lipinski definition) is 0. The van der Waals surface area contributed by atoms with E-state index in [-0.39, 0.29) is 27.4 Å². The molecule has 1 unspecified atom stereocenters. The number of ether oxygens (including phenoxy) is 1. The van der Waals surface area contributed by atoms with E-state index < -0.39 is 40.0 Å². The van der Waals surface area contributed by atoms with Crippen LogP contribution >= 0.6 is 0 Å². The number of benzene rings is 2. The molecular weight excluding hydrogens is 365 g/mol. The molecule has 0 saturated carbocycles. The maximum atomic E-state index is 14.6. The van der Waals surface area contributed by atoms with E-state index in [2.05, 4.69) is 0 Å². The van der Waals surface area contributed by atoms with Crippen LogP contribution < -0.4 is 0 Å². The molecule has 2 aromatic rings. The van der Waals surface area contributed by atoms with Gasteiger partial charge in [-0.25, -0.2) is 13.2 Å². The van der Waals surface area contributed by atoms with Crippen molar-refractivity contribution in [2.24, 2.45) is 0 Å². The molecule has 0 amide bonds. The Labute approximate surface area is 151 Å². The molecule has 3 nitrogen and oxygen atoms in total. The lowest BCUT2D eigenvalue weighted by Crippen LogP contribution is -2.29. The molecule has 0 radical (unpaired) electrons. The summed E-state index contributed by atoms with van der Waals surface area (Å²) in [5, 5.41) is 0. The van der Waals surface area contributed by atoms with Crippen molar-refractivity contribution in [1.82, 2.24) is 0 Å². The third kappa shape index (κ3) is 3.24. The van der Waals surface area contributed by atoms with Gasteiger partial charge < -0.3 is 9.29 Å². The van der Waals surface area contributed by atoms with Crippen LogP contribution in [0.15, 0.2) is 41.3 Å². The predicted octanol–water partition coefficient (Wildman–Crippen LogP) is 4.09. The fourth-order valence-electron chi connectivity index (χ4n) is 2.77. The third-order valence-electron chi connectivity index (χ3n) is 4.03. The topological polar surface area (TPSA) is 49.4 Å². The summed E-state index contributed by atoms with van der Waals surface area (Å²) in [6, 6.07) is 6.54. The minimum Gasteiger partial charge on any atom is -0.612 e. The number of carbonyl (C=O) groups is 1. The van der Waals surface area contributed by atoms with Crippen molar-refractivity contribution in [1.29, 1.82) is 0 Å². The average molecular weight is 380 g/mol. The van der Waals surface area contributed by atoms with Gasteiger partial charge in [-0.1, -0.05) is 0 Å². The Balaban J connectivity index is 2.23. The molecule has 1 aliphatic rings. The Kier molecular flexibility index (Phi) is 4.62. The summed E-state index contributed by atoms with van der Waals surface area (Å²) < 4.78 is 59.0. The number of Topliss-reactive ketones (excluding diaryl/α,β-unsaturated/α-hetero) is 1. The van der Waals surface area contributed by atoms with Crippen molar-refractivity contribution in [2.75, 3.05) is 6.26 Å². The quantitative estimate of drug-likeness (QED) is 0.754. The molecule has 0 spiro atoms. The number of carbonyl (C=O) groups excluding carboxylic acids is 1. The number of hydrogen-bond acceptors (Lipinski definition) is 3. The molecule has 1 atom stereocenters. The van der Waals surface area contributed by atoms with Crippen LogP contribution in [0.5, 0.6) is 0 Å². The molecule has 0 fully saturated rings. The summed E-state index contributed by atoms with van der Waals surface area (Å²) in [4.78, 5) is 13.0. The van der Waals surface area contributed by atoms with Crippen molar-refractivity contribution < 1.29 is 27.3 Å². The second-order valence-corrected chi connectivity index (χ2v) is 7.78. The first-order valence-electron chi connectivity index (χ1n) is 7.68. The van der Waals surface area contributed by atoms with Gasteiger partial charge in [-0.3, -0.25) is 4.79 Å². The van der Waals surface area contributed by atoms with Crippen molar-refractivity contribution in [2.45, 2.75) is 24.3 Å². The van der Waals surface area contributed by atoms with E-state index in [9.17, 15) is 22.5 Å². The van der Waals surface area contributed by atoms with Crippen molar-refractivity contribution in [3.63, 3.8) is 0 Å². The summed E-state index contributed by atoms with van der Waals surface area (Å²) in [7, 11) is 0. The molecule has 3 rings (SSSR count). The fourth-order valence-corrected chi connectivity index (χ4v) is 3.29. The highest BCUT2D eigenvalue weighted by atomic mass is 32.2. The Morgan fingerprint density at radius 2 is 1.65 bits per heavy atom. The molecule has 1 heterocycles. The van der Waals surface area contributed by atoms with Crippen LogP contribution in [-0.4, -0.2) is 22.2 Å².